The highest BCUT2D eigenvalue weighted by molar-refractivity contribution is 7.91. The first-order valence-electron chi connectivity index (χ1n) is 10.1. The molecule has 0 bridgehead atoms. The van der Waals surface area contributed by atoms with Gasteiger partial charge in [0, 0.05) is 25.0 Å². The predicted octanol–water partition coefficient (Wildman–Crippen LogP) is 0.473. The molecule has 2 N–H and O–H groups in total. The van der Waals surface area contributed by atoms with Gasteiger partial charge in [-0.15, -0.1) is 0 Å². The van der Waals surface area contributed by atoms with Crippen LogP contribution in [-0.4, -0.2) is 68.4 Å². The Labute approximate surface area is 161 Å². The Morgan fingerprint density at radius 3 is 2.41 bits per heavy atom. The number of allylic oxidation sites excluding steroid dienone is 2. The SMILES string of the molecule is CCN1CCC(NC(=O)[C@@H]2CS(=O)(=O)C[C@H]2NC(=O)C2CC=CCC2)CC1. The monoisotopic (exact) mass is 397 g/mol. The van der Waals surface area contributed by atoms with Crippen molar-refractivity contribution >= 4 is 21.7 Å². The highest BCUT2D eigenvalue weighted by atomic mass is 32.2. The maximum atomic E-state index is 12.8. The van der Waals surface area contributed by atoms with Crippen molar-refractivity contribution in [1.29, 1.82) is 0 Å². The number of hydrogen-bond acceptors (Lipinski definition) is 5. The quantitative estimate of drug-likeness (QED) is 0.658. The van der Waals surface area contributed by atoms with Crippen molar-refractivity contribution < 1.29 is 18.0 Å². The normalized spacial score (nSPS) is 31.5. The van der Waals surface area contributed by atoms with Crippen molar-refractivity contribution in [3.8, 4) is 0 Å². The van der Waals surface area contributed by atoms with Gasteiger partial charge in [0.05, 0.1) is 23.5 Å². The van der Waals surface area contributed by atoms with Gasteiger partial charge in [-0.25, -0.2) is 8.42 Å². The fraction of sp³-hybridized carbons (Fsp3) is 0.789. The van der Waals surface area contributed by atoms with Crippen molar-refractivity contribution in [2.45, 2.75) is 51.1 Å². The van der Waals surface area contributed by atoms with Crippen LogP contribution in [0.4, 0.5) is 0 Å². The van der Waals surface area contributed by atoms with E-state index >= 15 is 0 Å². The van der Waals surface area contributed by atoms with Gasteiger partial charge in [0.25, 0.3) is 0 Å². The van der Waals surface area contributed by atoms with Crippen LogP contribution in [0.3, 0.4) is 0 Å². The van der Waals surface area contributed by atoms with Crippen LogP contribution in [-0.2, 0) is 19.4 Å². The number of nitrogens with one attached hydrogen (secondary N) is 2. The summed E-state index contributed by atoms with van der Waals surface area (Å²) in [5.74, 6) is -1.51. The molecule has 1 unspecified atom stereocenters. The molecular formula is C19H31N3O4S. The molecule has 0 radical (unpaired) electrons. The molecule has 8 heteroatoms. The van der Waals surface area contributed by atoms with Crippen molar-refractivity contribution in [3.63, 3.8) is 0 Å². The average molecular weight is 398 g/mol. The zero-order valence-corrected chi connectivity index (χ0v) is 16.8. The predicted molar refractivity (Wildman–Crippen MR) is 104 cm³/mol. The van der Waals surface area contributed by atoms with E-state index < -0.39 is 21.8 Å². The summed E-state index contributed by atoms with van der Waals surface area (Å²) in [6.07, 6.45) is 8.12. The summed E-state index contributed by atoms with van der Waals surface area (Å²) < 4.78 is 24.3. The largest absolute Gasteiger partial charge is 0.353 e. The molecule has 152 valence electrons. The Hall–Kier alpha value is -1.41. The first-order chi connectivity index (χ1) is 12.9. The second kappa shape index (κ2) is 8.73. The summed E-state index contributed by atoms with van der Waals surface area (Å²) in [6.45, 7) is 5.02. The maximum Gasteiger partial charge on any atom is 0.226 e. The molecule has 2 aliphatic heterocycles. The topological polar surface area (TPSA) is 95.6 Å². The van der Waals surface area contributed by atoms with Crippen LogP contribution in [0.2, 0.25) is 0 Å². The first-order valence-corrected chi connectivity index (χ1v) is 11.9. The second-order valence-electron chi connectivity index (χ2n) is 8.00. The lowest BCUT2D eigenvalue weighted by Crippen LogP contribution is -2.51. The van der Waals surface area contributed by atoms with E-state index in [1.807, 2.05) is 6.08 Å². The molecule has 27 heavy (non-hydrogen) atoms. The summed E-state index contributed by atoms with van der Waals surface area (Å²) in [6, 6.07) is -0.535. The van der Waals surface area contributed by atoms with E-state index in [9.17, 15) is 18.0 Å². The van der Waals surface area contributed by atoms with Crippen LogP contribution >= 0.6 is 0 Å². The summed E-state index contributed by atoms with van der Waals surface area (Å²) in [7, 11) is -3.32. The van der Waals surface area contributed by atoms with Gasteiger partial charge >= 0.3 is 0 Å². The number of rotatable bonds is 5. The highest BCUT2D eigenvalue weighted by Gasteiger charge is 2.43. The number of nitrogens with zero attached hydrogens (tertiary/aromatic N) is 1. The zero-order valence-electron chi connectivity index (χ0n) is 16.0. The van der Waals surface area contributed by atoms with E-state index in [0.29, 0.717) is 6.42 Å². The zero-order chi connectivity index (χ0) is 19.4. The summed E-state index contributed by atoms with van der Waals surface area (Å²) in [5.41, 5.74) is 0. The Morgan fingerprint density at radius 2 is 1.78 bits per heavy atom. The minimum Gasteiger partial charge on any atom is -0.353 e. The molecule has 7 nitrogen and oxygen atoms in total. The van der Waals surface area contributed by atoms with Gasteiger partial charge in [0.15, 0.2) is 9.84 Å². The molecule has 2 amide bonds. The fourth-order valence-electron chi connectivity index (χ4n) is 4.28. The van der Waals surface area contributed by atoms with Crippen molar-refractivity contribution in [2.75, 3.05) is 31.1 Å². The van der Waals surface area contributed by atoms with Crippen LogP contribution < -0.4 is 10.6 Å². The maximum absolute atomic E-state index is 12.8. The van der Waals surface area contributed by atoms with Gasteiger partial charge in [0.2, 0.25) is 11.8 Å². The second-order valence-corrected chi connectivity index (χ2v) is 10.2. The fourth-order valence-corrected chi connectivity index (χ4v) is 6.21. The number of carbonyl (C=O) groups is 2. The average Bonchev–Trinajstić information content (AvgIpc) is 2.97. The van der Waals surface area contributed by atoms with E-state index in [2.05, 4.69) is 28.5 Å². The summed E-state index contributed by atoms with van der Waals surface area (Å²) in [5, 5.41) is 5.90. The summed E-state index contributed by atoms with van der Waals surface area (Å²) >= 11 is 0. The van der Waals surface area contributed by atoms with Crippen molar-refractivity contribution in [2.24, 2.45) is 11.8 Å². The molecule has 0 aromatic rings. The van der Waals surface area contributed by atoms with Gasteiger partial charge < -0.3 is 15.5 Å². The molecule has 3 aliphatic rings. The molecule has 2 heterocycles. The van der Waals surface area contributed by atoms with E-state index in [0.717, 1.165) is 45.3 Å². The van der Waals surface area contributed by atoms with E-state index in [4.69, 9.17) is 0 Å². The Morgan fingerprint density at radius 1 is 1.04 bits per heavy atom. The number of likely N-dealkylation sites (tertiary alicyclic amines) is 1. The Balaban J connectivity index is 1.58. The molecule has 0 aromatic carbocycles. The van der Waals surface area contributed by atoms with Gasteiger partial charge in [-0.05, 0) is 38.6 Å². The lowest BCUT2D eigenvalue weighted by molar-refractivity contribution is -0.128. The van der Waals surface area contributed by atoms with Gasteiger partial charge in [-0.2, -0.15) is 0 Å². The van der Waals surface area contributed by atoms with Crippen LogP contribution in [0.1, 0.15) is 39.0 Å². The molecule has 2 fully saturated rings. The minimum atomic E-state index is -3.32. The molecular weight excluding hydrogens is 366 g/mol. The molecule has 0 spiro atoms. The van der Waals surface area contributed by atoms with Crippen molar-refractivity contribution in [3.05, 3.63) is 12.2 Å². The molecule has 0 aromatic heterocycles. The molecule has 0 saturated carbocycles. The smallest absolute Gasteiger partial charge is 0.226 e. The lowest BCUT2D eigenvalue weighted by Gasteiger charge is -2.32. The molecule has 3 rings (SSSR count). The van der Waals surface area contributed by atoms with Gasteiger partial charge in [-0.3, -0.25) is 9.59 Å². The van der Waals surface area contributed by atoms with Crippen LogP contribution in [0.25, 0.3) is 0 Å². The van der Waals surface area contributed by atoms with Crippen LogP contribution in [0.5, 0.6) is 0 Å². The third kappa shape index (κ3) is 5.31. The molecule has 1 aliphatic carbocycles. The standard InChI is InChI=1S/C19H31N3O4S/c1-2-22-10-8-15(9-11-22)20-19(24)16-12-27(25,26)13-17(16)21-18(23)14-6-4-3-5-7-14/h3-4,14-17H,2,5-13H2,1H3,(H,20,24)(H,21,23)/t14?,16-,17-/m1/s1. The van der Waals surface area contributed by atoms with E-state index in [1.54, 1.807) is 0 Å². The third-order valence-corrected chi connectivity index (χ3v) is 7.77. The Kier molecular flexibility index (Phi) is 6.57. The summed E-state index contributed by atoms with van der Waals surface area (Å²) in [4.78, 5) is 27.6. The lowest BCUT2D eigenvalue weighted by atomic mass is 9.92. The number of sulfone groups is 1. The Bertz CT molecular complexity index is 683. The first kappa shape index (κ1) is 20.3. The third-order valence-electron chi connectivity index (χ3n) is 6.04. The van der Waals surface area contributed by atoms with Crippen molar-refractivity contribution in [1.82, 2.24) is 15.5 Å². The van der Waals surface area contributed by atoms with E-state index in [1.165, 1.54) is 0 Å². The van der Waals surface area contributed by atoms with Crippen LogP contribution in [0.15, 0.2) is 12.2 Å². The number of carbonyl (C=O) groups excluding carboxylic acids is 2. The number of amides is 2. The number of piperidine rings is 1. The van der Waals surface area contributed by atoms with Gasteiger partial charge in [0.1, 0.15) is 0 Å². The van der Waals surface area contributed by atoms with Gasteiger partial charge in [-0.1, -0.05) is 19.1 Å². The highest BCUT2D eigenvalue weighted by Crippen LogP contribution is 2.23. The van der Waals surface area contributed by atoms with Crippen LogP contribution in [0, 0.1) is 11.8 Å². The molecule has 2 saturated heterocycles. The van der Waals surface area contributed by atoms with E-state index in [-0.39, 0.29) is 35.3 Å². The number of hydrogen-bond donors (Lipinski definition) is 2. The molecule has 3 atom stereocenters. The minimum absolute atomic E-state index is 0.0865.